The van der Waals surface area contributed by atoms with Crippen LogP contribution in [0.4, 0.5) is 0 Å². The van der Waals surface area contributed by atoms with E-state index in [-0.39, 0.29) is 0 Å². The molecular weight excluding hydrogens is 613 g/mol. The van der Waals surface area contributed by atoms with Gasteiger partial charge in [0.05, 0.1) is 22.4 Å². The van der Waals surface area contributed by atoms with Gasteiger partial charge >= 0.3 is 0 Å². The summed E-state index contributed by atoms with van der Waals surface area (Å²) in [7, 11) is 0. The van der Waals surface area contributed by atoms with Gasteiger partial charge in [0.15, 0.2) is 0 Å². The van der Waals surface area contributed by atoms with Crippen LogP contribution < -0.4 is 0 Å². The molecule has 0 saturated heterocycles. The van der Waals surface area contributed by atoms with Crippen molar-refractivity contribution in [2.75, 3.05) is 0 Å². The second-order valence-corrected chi connectivity index (χ2v) is 13.5. The molecular formula is C44H44N6. The first-order valence-corrected chi connectivity index (χ1v) is 18.4. The number of aromatic nitrogens is 6. The van der Waals surface area contributed by atoms with E-state index < -0.39 is 0 Å². The maximum atomic E-state index is 4.82. The Morgan fingerprint density at radius 2 is 0.800 bits per heavy atom. The largest absolute Gasteiger partial charge is 0.339 e. The highest BCUT2D eigenvalue weighted by Gasteiger charge is 2.17. The number of benzene rings is 2. The predicted octanol–water partition coefficient (Wildman–Crippen LogP) is 11.4. The number of nitrogens with zero attached hydrogens (tertiary/aromatic N) is 6. The van der Waals surface area contributed by atoms with Gasteiger partial charge in [-0.3, -0.25) is 19.9 Å². The van der Waals surface area contributed by atoms with Crippen molar-refractivity contribution in [3.05, 3.63) is 122 Å². The van der Waals surface area contributed by atoms with Gasteiger partial charge in [-0.2, -0.15) is 0 Å². The molecule has 0 saturated carbocycles. The first-order valence-electron chi connectivity index (χ1n) is 18.4. The van der Waals surface area contributed by atoms with Gasteiger partial charge in [-0.25, -0.2) is 0 Å². The van der Waals surface area contributed by atoms with Gasteiger partial charge in [-0.1, -0.05) is 87.8 Å². The SMILES string of the molecule is c1cncc(-c2nccc3c4ccccc4n(CCCCCCCCCCCCn4c5ccccc5c5ccnc(-c6cccnc6)c54)c23)c1. The molecule has 6 heterocycles. The third kappa shape index (κ3) is 6.38. The van der Waals surface area contributed by atoms with Crippen LogP contribution in [0.25, 0.3) is 66.1 Å². The molecule has 2 aromatic carbocycles. The molecule has 8 aromatic rings. The molecule has 0 aliphatic rings. The summed E-state index contributed by atoms with van der Waals surface area (Å²) in [4.78, 5) is 18.4. The molecule has 0 spiro atoms. The van der Waals surface area contributed by atoms with Crippen molar-refractivity contribution in [1.82, 2.24) is 29.1 Å². The lowest BCUT2D eigenvalue weighted by atomic mass is 10.1. The molecule has 0 aliphatic heterocycles. The van der Waals surface area contributed by atoms with Crippen LogP contribution >= 0.6 is 0 Å². The van der Waals surface area contributed by atoms with E-state index in [9.17, 15) is 0 Å². The number of fused-ring (bicyclic) bond motifs is 6. The molecule has 50 heavy (non-hydrogen) atoms. The molecule has 0 radical (unpaired) electrons. The molecule has 250 valence electrons. The number of rotatable bonds is 15. The minimum absolute atomic E-state index is 1.01. The maximum absolute atomic E-state index is 4.82. The van der Waals surface area contributed by atoms with Crippen molar-refractivity contribution >= 4 is 43.6 Å². The Bertz CT molecular complexity index is 2170. The molecule has 0 fully saturated rings. The fourth-order valence-corrected chi connectivity index (χ4v) is 7.85. The quantitative estimate of drug-likeness (QED) is 0.103. The third-order valence-corrected chi connectivity index (χ3v) is 10.2. The van der Waals surface area contributed by atoms with Gasteiger partial charge in [-0.15, -0.1) is 0 Å². The fraction of sp³-hybridized carbons (Fsp3) is 0.273. The van der Waals surface area contributed by atoms with Gasteiger partial charge in [0.1, 0.15) is 0 Å². The molecule has 0 amide bonds. The van der Waals surface area contributed by atoms with Crippen molar-refractivity contribution in [2.24, 2.45) is 0 Å². The smallest absolute Gasteiger partial charge is 0.0960 e. The van der Waals surface area contributed by atoms with Gasteiger partial charge in [-0.05, 0) is 61.4 Å². The monoisotopic (exact) mass is 656 g/mol. The summed E-state index contributed by atoms with van der Waals surface area (Å²) in [6, 6.07) is 30.1. The zero-order valence-electron chi connectivity index (χ0n) is 28.7. The molecule has 0 bridgehead atoms. The summed E-state index contributed by atoms with van der Waals surface area (Å²) in [6.07, 6.45) is 24.1. The average molecular weight is 657 g/mol. The molecule has 6 nitrogen and oxygen atoms in total. The number of unbranched alkanes of at least 4 members (excludes halogenated alkanes) is 9. The Labute approximate surface area is 293 Å². The molecule has 6 aromatic heterocycles. The lowest BCUT2D eigenvalue weighted by Gasteiger charge is -2.11. The highest BCUT2D eigenvalue weighted by molar-refractivity contribution is 6.12. The van der Waals surface area contributed by atoms with Crippen LogP contribution in [0.15, 0.2) is 122 Å². The average Bonchev–Trinajstić information content (AvgIpc) is 3.68. The minimum Gasteiger partial charge on any atom is -0.339 e. The van der Waals surface area contributed by atoms with Crippen molar-refractivity contribution in [1.29, 1.82) is 0 Å². The summed E-state index contributed by atoms with van der Waals surface area (Å²) in [6.45, 7) is 2.02. The highest BCUT2D eigenvalue weighted by atomic mass is 15.0. The lowest BCUT2D eigenvalue weighted by Crippen LogP contribution is -2.00. The number of aryl methyl sites for hydroxylation is 2. The molecule has 0 atom stereocenters. The van der Waals surface area contributed by atoms with E-state index in [1.165, 1.54) is 108 Å². The molecule has 0 unspecified atom stereocenters. The summed E-state index contributed by atoms with van der Waals surface area (Å²) >= 11 is 0. The van der Waals surface area contributed by atoms with Crippen LogP contribution in [-0.2, 0) is 13.1 Å². The Morgan fingerprint density at radius 1 is 0.380 bits per heavy atom. The highest BCUT2D eigenvalue weighted by Crippen LogP contribution is 2.36. The molecule has 0 N–H and O–H groups in total. The fourth-order valence-electron chi connectivity index (χ4n) is 7.85. The topological polar surface area (TPSA) is 61.4 Å². The van der Waals surface area contributed by atoms with Crippen LogP contribution in [0.2, 0.25) is 0 Å². The molecule has 0 aliphatic carbocycles. The third-order valence-electron chi connectivity index (χ3n) is 10.2. The number of para-hydroxylation sites is 2. The van der Waals surface area contributed by atoms with Crippen LogP contribution in [0.1, 0.15) is 64.2 Å². The molecule has 6 heteroatoms. The molecule has 8 rings (SSSR count). The summed E-state index contributed by atoms with van der Waals surface area (Å²) in [5.41, 5.74) is 9.23. The lowest BCUT2D eigenvalue weighted by molar-refractivity contribution is 0.529. The Kier molecular flexibility index (Phi) is 9.59. The number of pyridine rings is 4. The van der Waals surface area contributed by atoms with E-state index >= 15 is 0 Å². The van der Waals surface area contributed by atoms with Gasteiger partial charge in [0, 0.05) is 94.0 Å². The van der Waals surface area contributed by atoms with E-state index in [0.29, 0.717) is 0 Å². The maximum Gasteiger partial charge on any atom is 0.0960 e. The van der Waals surface area contributed by atoms with Crippen molar-refractivity contribution < 1.29 is 0 Å². The first kappa shape index (κ1) is 31.9. The second kappa shape index (κ2) is 15.0. The normalized spacial score (nSPS) is 11.8. The Morgan fingerprint density at radius 3 is 1.22 bits per heavy atom. The van der Waals surface area contributed by atoms with E-state index in [0.717, 1.165) is 35.6 Å². The van der Waals surface area contributed by atoms with Crippen LogP contribution in [0.5, 0.6) is 0 Å². The Hall–Kier alpha value is -5.36. The first-order chi connectivity index (χ1) is 24.9. The van der Waals surface area contributed by atoms with Crippen LogP contribution in [0, 0.1) is 0 Å². The van der Waals surface area contributed by atoms with Crippen molar-refractivity contribution in [3.8, 4) is 22.5 Å². The standard InChI is InChI=1S/C44H44N6/c1(3-5-7-13-29-49-39-21-11-9-19-35(39)37-23-27-47-41(43(37)49)33-17-15-25-45-31-33)2-4-6-8-14-30-50-40-22-12-10-20-36(40)38-24-28-48-42(44(38)50)34-18-16-26-46-32-34/h9-12,15-28,31-32H,1-8,13-14,29-30H2. The van der Waals surface area contributed by atoms with Crippen molar-refractivity contribution in [2.45, 2.75) is 77.3 Å². The van der Waals surface area contributed by atoms with Crippen molar-refractivity contribution in [3.63, 3.8) is 0 Å². The predicted molar refractivity (Wildman–Crippen MR) is 207 cm³/mol. The summed E-state index contributed by atoms with van der Waals surface area (Å²) in [5.74, 6) is 0. The number of hydrogen-bond donors (Lipinski definition) is 0. The van der Waals surface area contributed by atoms with E-state index in [1.807, 2.05) is 49.3 Å². The van der Waals surface area contributed by atoms with Gasteiger partial charge < -0.3 is 9.13 Å². The van der Waals surface area contributed by atoms with E-state index in [2.05, 4.69) is 91.9 Å². The van der Waals surface area contributed by atoms with E-state index in [4.69, 9.17) is 9.97 Å². The van der Waals surface area contributed by atoms with Gasteiger partial charge in [0.25, 0.3) is 0 Å². The summed E-state index contributed by atoms with van der Waals surface area (Å²) in [5, 5.41) is 5.15. The van der Waals surface area contributed by atoms with Crippen LogP contribution in [0.3, 0.4) is 0 Å². The summed E-state index contributed by atoms with van der Waals surface area (Å²) < 4.78 is 4.99. The zero-order valence-corrected chi connectivity index (χ0v) is 28.7. The minimum atomic E-state index is 1.01. The number of hydrogen-bond acceptors (Lipinski definition) is 4. The Balaban J connectivity index is 0.811. The van der Waals surface area contributed by atoms with E-state index in [1.54, 1.807) is 0 Å². The van der Waals surface area contributed by atoms with Crippen LogP contribution in [-0.4, -0.2) is 29.1 Å². The van der Waals surface area contributed by atoms with Gasteiger partial charge in [0.2, 0.25) is 0 Å². The second-order valence-electron chi connectivity index (χ2n) is 13.5. The zero-order chi connectivity index (χ0) is 33.5.